The molecule has 1 amide bonds. The number of para-hydroxylation sites is 2. The van der Waals surface area contributed by atoms with Crippen LogP contribution in [0, 0.1) is 0 Å². The van der Waals surface area contributed by atoms with Gasteiger partial charge in [0.2, 0.25) is 0 Å². The van der Waals surface area contributed by atoms with Crippen LogP contribution in [-0.4, -0.2) is 37.5 Å². The van der Waals surface area contributed by atoms with E-state index in [1.165, 1.54) is 28.6 Å². The van der Waals surface area contributed by atoms with E-state index in [2.05, 4.69) is 28.9 Å². The average molecular weight is 568 g/mol. The van der Waals surface area contributed by atoms with Crippen molar-refractivity contribution in [2.24, 2.45) is 0 Å². The lowest BCUT2D eigenvalue weighted by Gasteiger charge is -2.24. The maximum atomic E-state index is 13.6. The van der Waals surface area contributed by atoms with Crippen molar-refractivity contribution in [1.82, 2.24) is 4.57 Å². The summed E-state index contributed by atoms with van der Waals surface area (Å²) in [7, 11) is -3.92. The number of amides is 1. The Balaban J connectivity index is 1.15. The van der Waals surface area contributed by atoms with Gasteiger partial charge >= 0.3 is 5.97 Å². The molecule has 41 heavy (non-hydrogen) atoms. The Labute approximate surface area is 238 Å². The van der Waals surface area contributed by atoms with Crippen LogP contribution in [0.5, 0.6) is 0 Å². The third-order valence-corrected chi connectivity index (χ3v) is 9.40. The number of ether oxygens (including phenoxy) is 1. The minimum Gasteiger partial charge on any atom is -0.452 e. The molecule has 6 rings (SSSR count). The molecule has 1 aromatic heterocycles. The molecule has 0 saturated heterocycles. The minimum absolute atomic E-state index is 0.0144. The zero-order chi connectivity index (χ0) is 28.7. The van der Waals surface area contributed by atoms with Gasteiger partial charge in [-0.25, -0.2) is 13.2 Å². The number of nitrogens with zero attached hydrogens (tertiary/aromatic N) is 2. The first-order valence-corrected chi connectivity index (χ1v) is 14.9. The van der Waals surface area contributed by atoms with Crippen molar-refractivity contribution in [1.29, 1.82) is 0 Å². The topological polar surface area (TPSA) is 97.7 Å². The van der Waals surface area contributed by atoms with Crippen LogP contribution in [0.1, 0.15) is 29.8 Å². The number of fused-ring (bicyclic) bond motifs is 4. The zero-order valence-electron chi connectivity index (χ0n) is 22.7. The molecule has 0 spiro atoms. The highest BCUT2D eigenvalue weighted by molar-refractivity contribution is 7.92. The Morgan fingerprint density at radius 1 is 0.902 bits per heavy atom. The summed E-state index contributed by atoms with van der Waals surface area (Å²) in [6.45, 7) is 4.25. The molecule has 9 heteroatoms. The summed E-state index contributed by atoms with van der Waals surface area (Å²) in [6, 6.07) is 26.7. The summed E-state index contributed by atoms with van der Waals surface area (Å²) >= 11 is 0. The second kappa shape index (κ2) is 10.4. The molecule has 0 saturated carbocycles. The average Bonchev–Trinajstić information content (AvgIpc) is 3.49. The SMILES string of the molecule is CCn1c2ccccc2c2cc(NC(=O)COC(=O)c3cccc(S(=O)(=O)N4c5ccccc5C[C@@H]4C)c3)ccc21. The van der Waals surface area contributed by atoms with Gasteiger partial charge in [-0.2, -0.15) is 0 Å². The summed E-state index contributed by atoms with van der Waals surface area (Å²) in [5.41, 5.74) is 4.43. The fourth-order valence-corrected chi connectivity index (χ4v) is 7.42. The highest BCUT2D eigenvalue weighted by Gasteiger charge is 2.36. The van der Waals surface area contributed by atoms with E-state index in [0.717, 1.165) is 33.9 Å². The van der Waals surface area contributed by atoms with Gasteiger partial charge < -0.3 is 14.6 Å². The molecule has 0 bridgehead atoms. The molecule has 8 nitrogen and oxygen atoms in total. The van der Waals surface area contributed by atoms with E-state index in [-0.39, 0.29) is 16.5 Å². The van der Waals surface area contributed by atoms with Crippen LogP contribution in [0.2, 0.25) is 0 Å². The number of aromatic nitrogens is 1. The lowest BCUT2D eigenvalue weighted by molar-refractivity contribution is -0.119. The number of sulfonamides is 1. The molecule has 0 unspecified atom stereocenters. The van der Waals surface area contributed by atoms with Crippen molar-refractivity contribution in [2.45, 2.75) is 37.8 Å². The van der Waals surface area contributed by atoms with Gasteiger partial charge in [-0.1, -0.05) is 42.5 Å². The second-order valence-corrected chi connectivity index (χ2v) is 11.9. The van der Waals surface area contributed by atoms with Gasteiger partial charge in [-0.05, 0) is 74.4 Å². The van der Waals surface area contributed by atoms with E-state index >= 15 is 0 Å². The minimum atomic E-state index is -3.92. The first-order valence-electron chi connectivity index (χ1n) is 13.5. The Kier molecular flexibility index (Phi) is 6.75. The van der Waals surface area contributed by atoms with Crippen molar-refractivity contribution in [3.05, 3.63) is 102 Å². The van der Waals surface area contributed by atoms with Gasteiger partial charge in [0.05, 0.1) is 16.1 Å². The number of rotatable bonds is 7. The summed E-state index contributed by atoms with van der Waals surface area (Å²) in [5, 5.41) is 4.90. The molecule has 4 aromatic carbocycles. The lowest BCUT2D eigenvalue weighted by atomic mass is 10.1. The molecule has 5 aromatic rings. The molecule has 0 aliphatic carbocycles. The molecule has 2 heterocycles. The number of nitrogens with one attached hydrogen (secondary N) is 1. The van der Waals surface area contributed by atoms with Gasteiger partial charge in [0.25, 0.3) is 15.9 Å². The van der Waals surface area contributed by atoms with Gasteiger partial charge in [0.15, 0.2) is 6.61 Å². The maximum Gasteiger partial charge on any atom is 0.338 e. The number of aryl methyl sites for hydroxylation is 1. The highest BCUT2D eigenvalue weighted by Crippen LogP contribution is 2.36. The first-order chi connectivity index (χ1) is 19.8. The van der Waals surface area contributed by atoms with Crippen LogP contribution in [0.25, 0.3) is 21.8 Å². The fraction of sp³-hybridized carbons (Fsp3) is 0.188. The predicted octanol–water partition coefficient (Wildman–Crippen LogP) is 5.75. The number of carbonyl (C=O) groups excluding carboxylic acids is 2. The summed E-state index contributed by atoms with van der Waals surface area (Å²) in [6.07, 6.45) is 0.611. The third-order valence-electron chi connectivity index (χ3n) is 7.48. The van der Waals surface area contributed by atoms with E-state index in [0.29, 0.717) is 17.8 Å². The summed E-state index contributed by atoms with van der Waals surface area (Å²) < 4.78 is 36.0. The van der Waals surface area contributed by atoms with Crippen LogP contribution in [0.15, 0.2) is 95.9 Å². The van der Waals surface area contributed by atoms with Crippen molar-refractivity contribution in [3.63, 3.8) is 0 Å². The Bertz CT molecular complexity index is 1930. The quantitative estimate of drug-likeness (QED) is 0.253. The monoisotopic (exact) mass is 567 g/mol. The van der Waals surface area contributed by atoms with E-state index in [4.69, 9.17) is 4.74 Å². The van der Waals surface area contributed by atoms with Gasteiger partial charge in [-0.3, -0.25) is 9.10 Å². The molecule has 0 fully saturated rings. The Morgan fingerprint density at radius 2 is 1.66 bits per heavy atom. The van der Waals surface area contributed by atoms with Crippen molar-refractivity contribution < 1.29 is 22.7 Å². The fourth-order valence-electron chi connectivity index (χ4n) is 5.68. The third kappa shape index (κ3) is 4.72. The van der Waals surface area contributed by atoms with Crippen LogP contribution in [0.4, 0.5) is 11.4 Å². The molecule has 208 valence electrons. The number of anilines is 2. The number of hydrogen-bond acceptors (Lipinski definition) is 5. The van der Waals surface area contributed by atoms with Crippen LogP contribution >= 0.6 is 0 Å². The van der Waals surface area contributed by atoms with Crippen LogP contribution in [0.3, 0.4) is 0 Å². The Hall–Kier alpha value is -4.63. The van der Waals surface area contributed by atoms with Crippen LogP contribution < -0.4 is 9.62 Å². The zero-order valence-corrected chi connectivity index (χ0v) is 23.5. The molecule has 0 radical (unpaired) electrons. The summed E-state index contributed by atoms with van der Waals surface area (Å²) in [4.78, 5) is 25.5. The van der Waals surface area contributed by atoms with Crippen molar-refractivity contribution >= 4 is 55.1 Å². The van der Waals surface area contributed by atoms with Gasteiger partial charge in [-0.15, -0.1) is 0 Å². The number of carbonyl (C=O) groups is 2. The van der Waals surface area contributed by atoms with Crippen molar-refractivity contribution in [2.75, 3.05) is 16.2 Å². The summed E-state index contributed by atoms with van der Waals surface area (Å²) in [5.74, 6) is -1.28. The number of esters is 1. The second-order valence-electron chi connectivity index (χ2n) is 10.1. The Morgan fingerprint density at radius 3 is 2.49 bits per heavy atom. The molecule has 1 atom stereocenters. The molecular formula is C32H29N3O5S. The molecule has 1 aliphatic heterocycles. The van der Waals surface area contributed by atoms with E-state index in [9.17, 15) is 18.0 Å². The lowest BCUT2D eigenvalue weighted by Crippen LogP contribution is -2.35. The first kappa shape index (κ1) is 26.6. The van der Waals surface area contributed by atoms with E-state index in [1.807, 2.05) is 49.4 Å². The normalized spacial score (nSPS) is 14.8. The van der Waals surface area contributed by atoms with E-state index < -0.39 is 28.5 Å². The van der Waals surface area contributed by atoms with Crippen molar-refractivity contribution in [3.8, 4) is 0 Å². The predicted molar refractivity (Wildman–Crippen MR) is 160 cm³/mol. The highest BCUT2D eigenvalue weighted by atomic mass is 32.2. The smallest absolute Gasteiger partial charge is 0.338 e. The van der Waals surface area contributed by atoms with Gasteiger partial charge in [0.1, 0.15) is 0 Å². The largest absolute Gasteiger partial charge is 0.452 e. The standard InChI is InChI=1S/C32H29N3O5S/c1-3-34-29-14-7-5-12-26(29)27-19-24(15-16-30(27)34)33-31(36)20-40-32(37)23-10-8-11-25(18-23)41(38,39)35-21(2)17-22-9-4-6-13-28(22)35/h4-16,18-19,21H,3,17,20H2,1-2H3,(H,33,36)/t21-/m0/s1. The molecule has 1 aliphatic rings. The van der Waals surface area contributed by atoms with Gasteiger partial charge in [0, 0.05) is 40.1 Å². The number of hydrogen-bond donors (Lipinski definition) is 1. The number of benzene rings is 4. The molecular weight excluding hydrogens is 538 g/mol. The van der Waals surface area contributed by atoms with Crippen LogP contribution in [-0.2, 0) is 32.5 Å². The van der Waals surface area contributed by atoms with E-state index in [1.54, 1.807) is 12.1 Å². The maximum absolute atomic E-state index is 13.6. The molecule has 1 N–H and O–H groups in total.